The van der Waals surface area contributed by atoms with E-state index in [-0.39, 0.29) is 28.4 Å². The standard InChI is InChI=1S/C23H23BrF2NO6P/c24-20-13-16(8-11-19(20)23(25,26)34(31,32)33)14-27-12-2-5-17(21(27)28)4-1-3-15-6-9-18(10-7-15)22(29)30/h2,6-13,17H,1,3-5,14H2,(H,29,30)(H2,31,32,33). The summed E-state index contributed by atoms with van der Waals surface area (Å²) in [7, 11) is -5.69. The van der Waals surface area contributed by atoms with Crippen molar-refractivity contribution < 1.29 is 37.8 Å². The van der Waals surface area contributed by atoms with Gasteiger partial charge in [0.15, 0.2) is 0 Å². The zero-order valence-corrected chi connectivity index (χ0v) is 20.4. The molecular weight excluding hydrogens is 535 g/mol. The molecule has 0 fully saturated rings. The molecule has 11 heteroatoms. The molecule has 0 aromatic heterocycles. The molecule has 3 rings (SSSR count). The first-order valence-electron chi connectivity index (χ1n) is 10.4. The molecule has 1 aliphatic heterocycles. The van der Waals surface area contributed by atoms with Crippen molar-refractivity contribution in [1.82, 2.24) is 4.90 Å². The highest BCUT2D eigenvalue weighted by atomic mass is 79.9. The second-order valence-corrected chi connectivity index (χ2v) is 10.6. The summed E-state index contributed by atoms with van der Waals surface area (Å²) < 4.78 is 39.0. The quantitative estimate of drug-likeness (QED) is 0.362. The highest BCUT2D eigenvalue weighted by Crippen LogP contribution is 2.60. The Bertz CT molecular complexity index is 1150. The van der Waals surface area contributed by atoms with Gasteiger partial charge in [-0.05, 0) is 55.0 Å². The topological polar surface area (TPSA) is 115 Å². The van der Waals surface area contributed by atoms with Gasteiger partial charge in [-0.3, -0.25) is 9.36 Å². The maximum atomic E-state index is 14.0. The van der Waals surface area contributed by atoms with Crippen molar-refractivity contribution in [3.05, 3.63) is 81.5 Å². The minimum Gasteiger partial charge on any atom is -0.478 e. The number of carbonyl (C=O) groups excluding carboxylic acids is 1. The Balaban J connectivity index is 1.60. The van der Waals surface area contributed by atoms with E-state index in [4.69, 9.17) is 14.9 Å². The number of carboxylic acids is 1. The Kier molecular flexibility index (Phi) is 8.08. The number of aryl methyl sites for hydroxylation is 1. The van der Waals surface area contributed by atoms with E-state index in [9.17, 15) is 22.9 Å². The molecule has 0 bridgehead atoms. The number of hydrogen-bond acceptors (Lipinski definition) is 3. The summed E-state index contributed by atoms with van der Waals surface area (Å²) in [5.74, 6) is -1.31. The number of aromatic carboxylic acids is 1. The smallest absolute Gasteiger partial charge is 0.399 e. The van der Waals surface area contributed by atoms with Gasteiger partial charge in [0, 0.05) is 22.2 Å². The fraction of sp³-hybridized carbons (Fsp3) is 0.304. The molecule has 2 aromatic rings. The van der Waals surface area contributed by atoms with E-state index in [1.165, 1.54) is 17.0 Å². The minimum atomic E-state index is -5.69. The van der Waals surface area contributed by atoms with Crippen molar-refractivity contribution >= 4 is 35.4 Å². The molecule has 1 heterocycles. The number of alkyl halides is 2. The van der Waals surface area contributed by atoms with Crippen molar-refractivity contribution in [2.24, 2.45) is 5.92 Å². The maximum absolute atomic E-state index is 14.0. The van der Waals surface area contributed by atoms with Gasteiger partial charge in [-0.2, -0.15) is 8.78 Å². The highest BCUT2D eigenvalue weighted by Gasteiger charge is 2.51. The maximum Gasteiger partial charge on any atom is 0.399 e. The molecule has 1 atom stereocenters. The first-order valence-corrected chi connectivity index (χ1v) is 12.8. The monoisotopic (exact) mass is 557 g/mol. The van der Waals surface area contributed by atoms with E-state index in [0.29, 0.717) is 24.8 Å². The van der Waals surface area contributed by atoms with E-state index < -0.39 is 24.8 Å². The van der Waals surface area contributed by atoms with Gasteiger partial charge in [0.2, 0.25) is 5.91 Å². The van der Waals surface area contributed by atoms with Crippen molar-refractivity contribution in [2.75, 3.05) is 0 Å². The molecule has 182 valence electrons. The average Bonchev–Trinajstić information content (AvgIpc) is 2.75. The number of benzene rings is 2. The third kappa shape index (κ3) is 5.99. The van der Waals surface area contributed by atoms with Gasteiger partial charge in [0.05, 0.1) is 12.1 Å². The van der Waals surface area contributed by atoms with Crippen LogP contribution in [0.1, 0.15) is 46.3 Å². The molecule has 1 aliphatic rings. The van der Waals surface area contributed by atoms with Crippen LogP contribution in [0.4, 0.5) is 8.78 Å². The Labute approximate surface area is 203 Å². The van der Waals surface area contributed by atoms with Crippen LogP contribution in [0, 0.1) is 5.92 Å². The predicted octanol–water partition coefficient (Wildman–Crippen LogP) is 5.26. The van der Waals surface area contributed by atoms with Crippen LogP contribution in [0.15, 0.2) is 59.2 Å². The van der Waals surface area contributed by atoms with Gasteiger partial charge in [0.1, 0.15) is 0 Å². The van der Waals surface area contributed by atoms with Crippen LogP contribution >= 0.6 is 23.5 Å². The molecule has 0 radical (unpaired) electrons. The Morgan fingerprint density at radius 2 is 1.79 bits per heavy atom. The summed E-state index contributed by atoms with van der Waals surface area (Å²) in [4.78, 5) is 43.2. The minimum absolute atomic E-state index is 0.0931. The summed E-state index contributed by atoms with van der Waals surface area (Å²) in [5, 5.41) is 8.96. The molecule has 34 heavy (non-hydrogen) atoms. The van der Waals surface area contributed by atoms with Gasteiger partial charge in [-0.25, -0.2) is 4.79 Å². The zero-order valence-electron chi connectivity index (χ0n) is 17.9. The Morgan fingerprint density at radius 1 is 1.15 bits per heavy atom. The fourth-order valence-corrected chi connectivity index (χ4v) is 5.09. The number of allylic oxidation sites excluding steroid dienone is 1. The van der Waals surface area contributed by atoms with E-state index >= 15 is 0 Å². The SMILES string of the molecule is O=C(O)c1ccc(CCCC2CC=CN(Cc3ccc(C(F)(F)P(=O)(O)O)c(Br)c3)C2=O)cc1. The van der Waals surface area contributed by atoms with Gasteiger partial charge >= 0.3 is 19.2 Å². The summed E-state index contributed by atoms with van der Waals surface area (Å²) in [6.45, 7) is 0.128. The fourth-order valence-electron chi connectivity index (χ4n) is 3.75. The normalized spacial score (nSPS) is 16.7. The average molecular weight is 558 g/mol. The lowest BCUT2D eigenvalue weighted by molar-refractivity contribution is -0.134. The van der Waals surface area contributed by atoms with Gasteiger partial charge < -0.3 is 19.8 Å². The van der Waals surface area contributed by atoms with Crippen LogP contribution < -0.4 is 0 Å². The zero-order chi connectivity index (χ0) is 25.1. The van der Waals surface area contributed by atoms with Gasteiger partial charge in [-0.1, -0.05) is 46.3 Å². The summed E-state index contributed by atoms with van der Waals surface area (Å²) in [6.07, 6.45) is 6.19. The number of halogens is 3. The Hall–Kier alpha value is -2.39. The van der Waals surface area contributed by atoms with E-state index in [2.05, 4.69) is 15.9 Å². The highest BCUT2D eigenvalue weighted by molar-refractivity contribution is 9.10. The first-order chi connectivity index (χ1) is 15.9. The molecule has 0 aliphatic carbocycles. The number of amides is 1. The number of carboxylic acid groups (broad SMARTS) is 1. The predicted molar refractivity (Wildman–Crippen MR) is 124 cm³/mol. The van der Waals surface area contributed by atoms with Crippen LogP contribution in [0.5, 0.6) is 0 Å². The number of hydrogen-bond donors (Lipinski definition) is 3. The molecule has 1 unspecified atom stereocenters. The molecule has 0 saturated carbocycles. The third-order valence-corrected chi connectivity index (χ3v) is 7.26. The summed E-state index contributed by atoms with van der Waals surface area (Å²) in [6, 6.07) is 10.2. The van der Waals surface area contributed by atoms with Gasteiger partial charge in [0.25, 0.3) is 0 Å². The second kappa shape index (κ2) is 10.5. The lowest BCUT2D eigenvalue weighted by Crippen LogP contribution is -2.34. The first kappa shape index (κ1) is 26.2. The van der Waals surface area contributed by atoms with Crippen molar-refractivity contribution in [1.29, 1.82) is 0 Å². The van der Waals surface area contributed by atoms with Crippen LogP contribution in [0.2, 0.25) is 0 Å². The molecule has 0 spiro atoms. The molecule has 1 amide bonds. The number of carbonyl (C=O) groups is 2. The van der Waals surface area contributed by atoms with Crippen molar-refractivity contribution in [3.63, 3.8) is 0 Å². The summed E-state index contributed by atoms with van der Waals surface area (Å²) >= 11 is 2.96. The molecule has 7 nitrogen and oxygen atoms in total. The van der Waals surface area contributed by atoms with Crippen LogP contribution in [-0.4, -0.2) is 31.7 Å². The van der Waals surface area contributed by atoms with Crippen molar-refractivity contribution in [2.45, 2.75) is 37.9 Å². The largest absolute Gasteiger partial charge is 0.478 e. The lowest BCUT2D eigenvalue weighted by Gasteiger charge is -2.28. The van der Waals surface area contributed by atoms with Crippen molar-refractivity contribution in [3.8, 4) is 0 Å². The number of rotatable bonds is 9. The third-order valence-electron chi connectivity index (χ3n) is 5.63. The summed E-state index contributed by atoms with van der Waals surface area (Å²) in [5.41, 5.74) is -3.42. The molecule has 2 aromatic carbocycles. The van der Waals surface area contributed by atoms with E-state index in [1.807, 2.05) is 6.08 Å². The lowest BCUT2D eigenvalue weighted by atomic mass is 9.93. The van der Waals surface area contributed by atoms with Crippen LogP contribution in [0.3, 0.4) is 0 Å². The van der Waals surface area contributed by atoms with E-state index in [1.54, 1.807) is 30.5 Å². The van der Waals surface area contributed by atoms with Crippen LogP contribution in [-0.2, 0) is 28.0 Å². The molecule has 0 saturated heterocycles. The number of nitrogens with zero attached hydrogens (tertiary/aromatic N) is 1. The molecule has 3 N–H and O–H groups in total. The second-order valence-electron chi connectivity index (χ2n) is 8.08. The Morgan fingerprint density at radius 3 is 2.38 bits per heavy atom. The molecular formula is C23H23BrF2NO6P. The van der Waals surface area contributed by atoms with Crippen LogP contribution in [0.25, 0.3) is 0 Å². The van der Waals surface area contributed by atoms with E-state index in [0.717, 1.165) is 18.1 Å². The van der Waals surface area contributed by atoms with Gasteiger partial charge in [-0.15, -0.1) is 0 Å².